The fourth-order valence-corrected chi connectivity index (χ4v) is 2.95. The van der Waals surface area contributed by atoms with E-state index in [9.17, 15) is 14.7 Å². The van der Waals surface area contributed by atoms with E-state index in [2.05, 4.69) is 0 Å². The SMILES string of the molecule is O=C(O)[C@@H](Cc1ccccc1)N1C(=O)CSC1=S. The van der Waals surface area contributed by atoms with E-state index in [-0.39, 0.29) is 18.1 Å². The number of hydrogen-bond donors (Lipinski definition) is 1. The van der Waals surface area contributed by atoms with E-state index < -0.39 is 12.0 Å². The Morgan fingerprint density at radius 3 is 2.61 bits per heavy atom. The molecule has 1 aliphatic rings. The van der Waals surface area contributed by atoms with Gasteiger partial charge in [-0.1, -0.05) is 54.3 Å². The minimum atomic E-state index is -1.03. The molecule has 1 saturated heterocycles. The van der Waals surface area contributed by atoms with Crippen molar-refractivity contribution < 1.29 is 14.7 Å². The van der Waals surface area contributed by atoms with Crippen molar-refractivity contribution in [3.63, 3.8) is 0 Å². The van der Waals surface area contributed by atoms with E-state index in [0.29, 0.717) is 4.32 Å². The number of aliphatic carboxylic acids is 1. The molecule has 0 saturated carbocycles. The van der Waals surface area contributed by atoms with Crippen LogP contribution in [0.5, 0.6) is 0 Å². The monoisotopic (exact) mass is 281 g/mol. The van der Waals surface area contributed by atoms with Gasteiger partial charge in [0.05, 0.1) is 5.75 Å². The molecule has 1 atom stereocenters. The molecule has 1 aliphatic heterocycles. The molecule has 0 unspecified atom stereocenters. The zero-order valence-corrected chi connectivity index (χ0v) is 11.0. The van der Waals surface area contributed by atoms with Gasteiger partial charge >= 0.3 is 5.97 Å². The average Bonchev–Trinajstić information content (AvgIpc) is 2.67. The van der Waals surface area contributed by atoms with Crippen LogP contribution in [0.2, 0.25) is 0 Å². The van der Waals surface area contributed by atoms with Crippen molar-refractivity contribution in [2.24, 2.45) is 0 Å². The molecule has 1 heterocycles. The predicted molar refractivity (Wildman–Crippen MR) is 73.5 cm³/mol. The van der Waals surface area contributed by atoms with Crippen LogP contribution in [0.4, 0.5) is 0 Å². The lowest BCUT2D eigenvalue weighted by Gasteiger charge is -2.23. The quantitative estimate of drug-likeness (QED) is 0.848. The van der Waals surface area contributed by atoms with Crippen LogP contribution in [0.3, 0.4) is 0 Å². The summed E-state index contributed by atoms with van der Waals surface area (Å²) < 4.78 is 0.350. The summed E-state index contributed by atoms with van der Waals surface area (Å²) in [5, 5.41) is 9.27. The normalized spacial score (nSPS) is 17.0. The van der Waals surface area contributed by atoms with Gasteiger partial charge in [0, 0.05) is 6.42 Å². The van der Waals surface area contributed by atoms with Gasteiger partial charge in [0.15, 0.2) is 0 Å². The Morgan fingerprint density at radius 1 is 1.44 bits per heavy atom. The molecule has 1 aromatic rings. The summed E-state index contributed by atoms with van der Waals surface area (Å²) in [4.78, 5) is 24.2. The minimum Gasteiger partial charge on any atom is -0.480 e. The van der Waals surface area contributed by atoms with Crippen LogP contribution in [0, 0.1) is 0 Å². The van der Waals surface area contributed by atoms with E-state index in [0.717, 1.165) is 5.56 Å². The Hall–Kier alpha value is -1.40. The average molecular weight is 281 g/mol. The van der Waals surface area contributed by atoms with Gasteiger partial charge in [-0.2, -0.15) is 0 Å². The number of amides is 1. The van der Waals surface area contributed by atoms with Crippen molar-refractivity contribution in [1.82, 2.24) is 4.90 Å². The number of benzene rings is 1. The summed E-state index contributed by atoms with van der Waals surface area (Å²) in [6.45, 7) is 0. The third-order valence-corrected chi connectivity index (χ3v) is 4.04. The van der Waals surface area contributed by atoms with Crippen LogP contribution < -0.4 is 0 Å². The maximum Gasteiger partial charge on any atom is 0.327 e. The number of rotatable bonds is 4. The number of carbonyl (C=O) groups is 2. The highest BCUT2D eigenvalue weighted by atomic mass is 32.2. The Morgan fingerprint density at radius 2 is 2.11 bits per heavy atom. The van der Waals surface area contributed by atoms with Gasteiger partial charge in [-0.15, -0.1) is 0 Å². The Kier molecular flexibility index (Phi) is 3.98. The molecule has 0 spiro atoms. The minimum absolute atomic E-state index is 0.228. The topological polar surface area (TPSA) is 57.6 Å². The molecule has 1 aromatic carbocycles. The van der Waals surface area contributed by atoms with Crippen LogP contribution in [0.15, 0.2) is 30.3 Å². The molecule has 94 valence electrons. The van der Waals surface area contributed by atoms with Crippen molar-refractivity contribution in [2.45, 2.75) is 12.5 Å². The van der Waals surface area contributed by atoms with Gasteiger partial charge in [0.2, 0.25) is 5.91 Å². The van der Waals surface area contributed by atoms with Crippen LogP contribution in [0.25, 0.3) is 0 Å². The first-order valence-corrected chi connectivity index (χ1v) is 6.74. The lowest BCUT2D eigenvalue weighted by atomic mass is 10.1. The standard InChI is InChI=1S/C12H11NO3S2/c14-10-7-18-12(17)13(10)9(11(15)16)6-8-4-2-1-3-5-8/h1-5,9H,6-7H2,(H,15,16)/t9-/m1/s1. The maximum absolute atomic E-state index is 11.7. The molecule has 0 aliphatic carbocycles. The number of thioether (sulfide) groups is 1. The molecule has 0 radical (unpaired) electrons. The molecular formula is C12H11NO3S2. The second-order valence-corrected chi connectivity index (χ2v) is 5.47. The molecule has 1 fully saturated rings. The van der Waals surface area contributed by atoms with E-state index in [1.807, 2.05) is 30.3 Å². The molecule has 0 bridgehead atoms. The second-order valence-electron chi connectivity index (χ2n) is 3.86. The summed E-state index contributed by atoms with van der Waals surface area (Å²) in [5.41, 5.74) is 0.873. The smallest absolute Gasteiger partial charge is 0.327 e. The van der Waals surface area contributed by atoms with E-state index in [4.69, 9.17) is 12.2 Å². The van der Waals surface area contributed by atoms with E-state index >= 15 is 0 Å². The van der Waals surface area contributed by atoms with Gasteiger partial charge in [0.1, 0.15) is 10.4 Å². The zero-order chi connectivity index (χ0) is 13.1. The van der Waals surface area contributed by atoms with Gasteiger partial charge in [0.25, 0.3) is 0 Å². The fourth-order valence-electron chi connectivity index (χ4n) is 1.79. The third-order valence-electron chi connectivity index (χ3n) is 2.65. The zero-order valence-electron chi connectivity index (χ0n) is 9.41. The highest BCUT2D eigenvalue weighted by Crippen LogP contribution is 2.23. The first-order valence-electron chi connectivity index (χ1n) is 5.35. The molecule has 18 heavy (non-hydrogen) atoms. The van der Waals surface area contributed by atoms with E-state index in [1.165, 1.54) is 16.7 Å². The number of carboxylic acid groups (broad SMARTS) is 1. The van der Waals surface area contributed by atoms with Crippen molar-refractivity contribution in [3.8, 4) is 0 Å². The summed E-state index contributed by atoms with van der Waals surface area (Å²) in [6.07, 6.45) is 0.266. The first kappa shape index (κ1) is 13.0. The predicted octanol–water partition coefficient (Wildman–Crippen LogP) is 1.54. The first-order chi connectivity index (χ1) is 8.59. The van der Waals surface area contributed by atoms with E-state index in [1.54, 1.807) is 0 Å². The fraction of sp³-hybridized carbons (Fsp3) is 0.250. The van der Waals surface area contributed by atoms with Crippen LogP contribution >= 0.6 is 24.0 Å². The van der Waals surface area contributed by atoms with Crippen molar-refractivity contribution in [3.05, 3.63) is 35.9 Å². The molecule has 1 N–H and O–H groups in total. The Bertz CT molecular complexity index is 473. The highest BCUT2D eigenvalue weighted by molar-refractivity contribution is 8.23. The largest absolute Gasteiger partial charge is 0.480 e. The third kappa shape index (κ3) is 2.70. The van der Waals surface area contributed by atoms with Crippen LogP contribution in [-0.4, -0.2) is 38.0 Å². The lowest BCUT2D eigenvalue weighted by molar-refractivity contribution is -0.145. The maximum atomic E-state index is 11.7. The number of nitrogens with zero attached hydrogens (tertiary/aromatic N) is 1. The van der Waals surface area contributed by atoms with Gasteiger partial charge in [-0.25, -0.2) is 4.79 Å². The van der Waals surface area contributed by atoms with Crippen molar-refractivity contribution in [1.29, 1.82) is 0 Å². The van der Waals surface area contributed by atoms with Crippen molar-refractivity contribution >= 4 is 40.2 Å². The molecule has 4 nitrogen and oxygen atoms in total. The molecule has 0 aromatic heterocycles. The number of carboxylic acids is 1. The Labute approximate surface area is 114 Å². The number of hydrogen-bond acceptors (Lipinski definition) is 4. The molecular weight excluding hydrogens is 270 g/mol. The molecule has 2 rings (SSSR count). The second kappa shape index (κ2) is 5.49. The summed E-state index contributed by atoms with van der Waals surface area (Å²) in [7, 11) is 0. The van der Waals surface area contributed by atoms with Gasteiger partial charge in [-0.3, -0.25) is 9.69 Å². The van der Waals surface area contributed by atoms with Gasteiger partial charge in [-0.05, 0) is 5.56 Å². The summed E-state index contributed by atoms with van der Waals surface area (Å²) in [5.74, 6) is -1.03. The summed E-state index contributed by atoms with van der Waals surface area (Å²) in [6, 6.07) is 8.31. The van der Waals surface area contributed by atoms with Gasteiger partial charge < -0.3 is 5.11 Å². The lowest BCUT2D eigenvalue weighted by Crippen LogP contribution is -2.45. The van der Waals surface area contributed by atoms with Crippen LogP contribution in [0.1, 0.15) is 5.56 Å². The highest BCUT2D eigenvalue weighted by Gasteiger charge is 2.37. The number of thiocarbonyl (C=S) groups is 1. The van der Waals surface area contributed by atoms with Crippen molar-refractivity contribution in [2.75, 3.05) is 5.75 Å². The Balaban J connectivity index is 2.21. The van der Waals surface area contributed by atoms with Crippen LogP contribution in [-0.2, 0) is 16.0 Å². The number of carbonyl (C=O) groups excluding carboxylic acids is 1. The molecule has 6 heteroatoms. The molecule has 1 amide bonds. The summed E-state index contributed by atoms with van der Waals surface area (Å²) >= 11 is 6.25.